The molecule has 0 spiro atoms. The first-order valence-electron chi connectivity index (χ1n) is 13.4. The second-order valence-corrected chi connectivity index (χ2v) is 11.8. The van der Waals surface area contributed by atoms with Crippen LogP contribution < -0.4 is 15.8 Å². The first-order valence-corrected chi connectivity index (χ1v) is 14.2. The molecule has 0 aliphatic heterocycles. The first-order chi connectivity index (χ1) is 20.0. The van der Waals surface area contributed by atoms with Crippen LogP contribution in [-0.2, 0) is 7.05 Å². The van der Waals surface area contributed by atoms with Gasteiger partial charge in [0.15, 0.2) is 0 Å². The molecule has 0 aliphatic rings. The minimum Gasteiger partial charge on any atom is -0.495 e. The number of hydrogen-bond acceptors (Lipinski definition) is 6. The van der Waals surface area contributed by atoms with Crippen molar-refractivity contribution in [2.75, 3.05) is 24.7 Å². The molecule has 3 aromatic heterocycles. The van der Waals surface area contributed by atoms with E-state index >= 15 is 0 Å². The fraction of sp³-hybridized carbons (Fsp3) is 0.219. The van der Waals surface area contributed by atoms with E-state index in [-0.39, 0.29) is 12.5 Å². The molecule has 0 bridgehead atoms. The van der Waals surface area contributed by atoms with Crippen molar-refractivity contribution in [2.24, 2.45) is 7.05 Å². The number of rotatable bonds is 7. The van der Waals surface area contributed by atoms with Crippen LogP contribution in [0.3, 0.4) is 0 Å². The average molecular weight is 584 g/mol. The fourth-order valence-corrected chi connectivity index (χ4v) is 6.08. The predicted octanol–water partition coefficient (Wildman–Crippen LogP) is 7.09. The number of hydrogen-bond donors (Lipinski definition) is 3. The predicted molar refractivity (Wildman–Crippen MR) is 170 cm³/mol. The van der Waals surface area contributed by atoms with Crippen LogP contribution in [0.15, 0.2) is 66.2 Å². The minimum atomic E-state index is -0.975. The molecule has 216 valence electrons. The van der Waals surface area contributed by atoms with Crippen LogP contribution in [0.4, 0.5) is 16.3 Å². The number of thiophene rings is 1. The molecule has 0 fully saturated rings. The van der Waals surface area contributed by atoms with Gasteiger partial charge in [-0.1, -0.05) is 36.4 Å². The summed E-state index contributed by atoms with van der Waals surface area (Å²) in [7, 11) is 3.43. The number of pyridine rings is 1. The van der Waals surface area contributed by atoms with E-state index in [2.05, 4.69) is 10.3 Å². The van der Waals surface area contributed by atoms with Crippen molar-refractivity contribution >= 4 is 61.9 Å². The molecule has 2 amide bonds. The number of ether oxygens (including phenoxy) is 1. The number of aromatic nitrogens is 2. The lowest BCUT2D eigenvalue weighted by Gasteiger charge is -2.32. The van der Waals surface area contributed by atoms with Crippen molar-refractivity contribution in [2.45, 2.75) is 26.3 Å². The molecule has 0 aliphatic carbocycles. The molecule has 10 heteroatoms. The minimum absolute atomic E-state index is 0.237. The van der Waals surface area contributed by atoms with E-state index in [9.17, 15) is 14.7 Å². The third-order valence-corrected chi connectivity index (χ3v) is 8.25. The number of nitrogen functional groups attached to an aromatic ring is 1. The topological polar surface area (TPSA) is 123 Å². The Kier molecular flexibility index (Phi) is 7.66. The summed E-state index contributed by atoms with van der Waals surface area (Å²) in [5.41, 5.74) is 10.5. The normalized spacial score (nSPS) is 11.8. The summed E-state index contributed by atoms with van der Waals surface area (Å²) in [6.07, 6.45) is 4.42. The molecular formula is C32H33N5O4S. The first kappa shape index (κ1) is 28.7. The Bertz CT molecular complexity index is 1850. The maximum Gasteiger partial charge on any atom is 0.408 e. The molecule has 0 saturated carbocycles. The number of amides is 2. The zero-order valence-electron chi connectivity index (χ0n) is 24.1. The summed E-state index contributed by atoms with van der Waals surface area (Å²) in [5, 5.41) is 16.4. The number of benzene rings is 2. The van der Waals surface area contributed by atoms with Crippen molar-refractivity contribution in [3.8, 4) is 16.9 Å². The largest absolute Gasteiger partial charge is 0.495 e. The van der Waals surface area contributed by atoms with E-state index < -0.39 is 11.6 Å². The van der Waals surface area contributed by atoms with Crippen LogP contribution in [0.1, 0.15) is 36.8 Å². The van der Waals surface area contributed by atoms with Gasteiger partial charge in [-0.3, -0.25) is 9.69 Å². The maximum atomic E-state index is 13.2. The summed E-state index contributed by atoms with van der Waals surface area (Å²) in [5.74, 6) is 0.670. The van der Waals surface area contributed by atoms with Crippen LogP contribution in [-0.4, -0.2) is 50.8 Å². The Morgan fingerprint density at radius 3 is 2.64 bits per heavy atom. The molecule has 0 saturated heterocycles. The van der Waals surface area contributed by atoms with Crippen LogP contribution in [0.5, 0.6) is 5.75 Å². The molecule has 0 atom stereocenters. The number of carbonyl (C=O) groups is 2. The zero-order chi connectivity index (χ0) is 30.2. The van der Waals surface area contributed by atoms with Gasteiger partial charge in [0.05, 0.1) is 12.8 Å². The highest BCUT2D eigenvalue weighted by Crippen LogP contribution is 2.41. The number of nitrogens with two attached hydrogens (primary N) is 1. The second kappa shape index (κ2) is 11.2. The van der Waals surface area contributed by atoms with Gasteiger partial charge in [-0.25, -0.2) is 9.78 Å². The molecule has 9 nitrogen and oxygen atoms in total. The Labute approximate surface area is 247 Å². The van der Waals surface area contributed by atoms with Gasteiger partial charge >= 0.3 is 6.09 Å². The molecule has 3 heterocycles. The Morgan fingerprint density at radius 2 is 1.95 bits per heavy atom. The summed E-state index contributed by atoms with van der Waals surface area (Å²) >= 11 is 1.53. The number of nitrogens with one attached hydrogen (secondary N) is 1. The summed E-state index contributed by atoms with van der Waals surface area (Å²) in [4.78, 5) is 30.7. The molecule has 5 aromatic rings. The molecule has 42 heavy (non-hydrogen) atoms. The lowest BCUT2D eigenvalue weighted by Crippen LogP contribution is -2.44. The number of nitrogens with zero attached hydrogens (tertiary/aromatic N) is 3. The number of aryl methyl sites for hydroxylation is 1. The van der Waals surface area contributed by atoms with Crippen molar-refractivity contribution in [1.29, 1.82) is 0 Å². The Hall–Kier alpha value is -4.83. The number of carboxylic acid groups (broad SMARTS) is 1. The highest BCUT2D eigenvalue weighted by Gasteiger charge is 2.24. The summed E-state index contributed by atoms with van der Waals surface area (Å²) < 4.78 is 8.48. The summed E-state index contributed by atoms with van der Waals surface area (Å²) in [6, 6.07) is 15.3. The standard InChI is InChI=1S/C32H33N5O4S/c1-32(2,3)37(31(39)40)14-8-10-21-17-34-29(33)27-22(18-42-28(21)27)19-12-13-23(26(16-19)41-5)35-30(38)25-15-20-9-6-7-11-24(20)36(25)4/h6-13,15-18H,14H2,1-5H3,(H2,33,34)(H,35,38)(H,39,40)/b10-8+. The lowest BCUT2D eigenvalue weighted by atomic mass is 10.0. The molecule has 0 radical (unpaired) electrons. The lowest BCUT2D eigenvalue weighted by molar-refractivity contribution is 0.101. The van der Waals surface area contributed by atoms with Gasteiger partial charge in [0.25, 0.3) is 5.91 Å². The Balaban J connectivity index is 1.44. The number of para-hydroxylation sites is 1. The van der Waals surface area contributed by atoms with E-state index in [4.69, 9.17) is 10.5 Å². The molecular weight excluding hydrogens is 550 g/mol. The number of methoxy groups -OCH3 is 1. The van der Waals surface area contributed by atoms with Crippen molar-refractivity contribution in [3.63, 3.8) is 0 Å². The van der Waals surface area contributed by atoms with Crippen LogP contribution in [0.2, 0.25) is 0 Å². The van der Waals surface area contributed by atoms with E-state index in [1.54, 1.807) is 13.3 Å². The summed E-state index contributed by atoms with van der Waals surface area (Å²) in [6.45, 7) is 5.82. The Morgan fingerprint density at radius 1 is 1.19 bits per heavy atom. The van der Waals surface area contributed by atoms with Crippen molar-refractivity contribution in [1.82, 2.24) is 14.5 Å². The zero-order valence-corrected chi connectivity index (χ0v) is 25.0. The SMILES string of the molecule is COc1cc(-c2csc3c(/C=C/CN(C(=O)O)C(C)(C)C)cnc(N)c23)ccc1NC(=O)c1cc2ccccc2n1C. The monoisotopic (exact) mass is 583 g/mol. The van der Waals surface area contributed by atoms with E-state index in [1.165, 1.54) is 16.2 Å². The van der Waals surface area contributed by atoms with E-state index in [0.29, 0.717) is 22.9 Å². The van der Waals surface area contributed by atoms with Gasteiger partial charge in [-0.05, 0) is 56.0 Å². The van der Waals surface area contributed by atoms with E-state index in [1.807, 2.05) is 98.4 Å². The average Bonchev–Trinajstić information content (AvgIpc) is 3.54. The maximum absolute atomic E-state index is 13.2. The van der Waals surface area contributed by atoms with Gasteiger partial charge in [0.2, 0.25) is 0 Å². The smallest absolute Gasteiger partial charge is 0.408 e. The van der Waals surface area contributed by atoms with Crippen LogP contribution in [0.25, 0.3) is 38.2 Å². The highest BCUT2D eigenvalue weighted by molar-refractivity contribution is 7.18. The van der Waals surface area contributed by atoms with Gasteiger partial charge in [0.1, 0.15) is 17.3 Å². The highest BCUT2D eigenvalue weighted by atomic mass is 32.1. The number of fused-ring (bicyclic) bond motifs is 2. The van der Waals surface area contributed by atoms with Crippen molar-refractivity contribution < 1.29 is 19.4 Å². The molecule has 5 rings (SSSR count). The quantitative estimate of drug-likeness (QED) is 0.188. The third kappa shape index (κ3) is 5.40. The van der Waals surface area contributed by atoms with Crippen LogP contribution >= 0.6 is 11.3 Å². The van der Waals surface area contributed by atoms with Crippen LogP contribution in [0, 0.1) is 0 Å². The van der Waals surface area contributed by atoms with Gasteiger partial charge in [-0.2, -0.15) is 0 Å². The molecule has 2 aromatic carbocycles. The van der Waals surface area contributed by atoms with Crippen molar-refractivity contribution in [3.05, 3.63) is 77.4 Å². The second-order valence-electron chi connectivity index (χ2n) is 10.9. The van der Waals surface area contributed by atoms with Gasteiger partial charge in [0, 0.05) is 57.4 Å². The van der Waals surface area contributed by atoms with Gasteiger partial charge < -0.3 is 25.5 Å². The fourth-order valence-electron chi connectivity index (χ4n) is 5.00. The van der Waals surface area contributed by atoms with Gasteiger partial charge in [-0.15, -0.1) is 11.3 Å². The number of carbonyl (C=O) groups excluding carboxylic acids is 1. The molecule has 0 unspecified atom stereocenters. The molecule has 4 N–H and O–H groups in total. The number of anilines is 2. The third-order valence-electron chi connectivity index (χ3n) is 7.22. The van der Waals surface area contributed by atoms with E-state index in [0.717, 1.165) is 37.7 Å².